The number of aryl methyl sites for hydroxylation is 2. The first-order valence-electron chi connectivity index (χ1n) is 6.55. The molecule has 1 aromatic rings. The molecule has 0 radical (unpaired) electrons. The highest BCUT2D eigenvalue weighted by Gasteiger charge is 2.25. The van der Waals surface area contributed by atoms with Crippen LogP contribution in [0.1, 0.15) is 26.1 Å². The third-order valence-corrected chi connectivity index (χ3v) is 5.67. The maximum absolute atomic E-state index is 12.3. The average molecular weight is 321 g/mol. The summed E-state index contributed by atoms with van der Waals surface area (Å²) in [6, 6.07) is -0.364. The van der Waals surface area contributed by atoms with Crippen LogP contribution in [0.3, 0.4) is 0 Å². The summed E-state index contributed by atoms with van der Waals surface area (Å²) in [6.07, 6.45) is 4.31. The average Bonchev–Trinajstić information content (AvgIpc) is 2.73. The zero-order valence-electron chi connectivity index (χ0n) is 12.3. The summed E-state index contributed by atoms with van der Waals surface area (Å²) in [5.41, 5.74) is 0. The van der Waals surface area contributed by atoms with Crippen LogP contribution in [0.5, 0.6) is 0 Å². The molecule has 0 amide bonds. The highest BCUT2D eigenvalue weighted by Crippen LogP contribution is 2.15. The molecule has 0 aliphatic rings. The van der Waals surface area contributed by atoms with Gasteiger partial charge in [0.1, 0.15) is 5.82 Å². The smallest absolute Gasteiger partial charge is 0.259 e. The number of sulfonamides is 1. The molecule has 0 aromatic carbocycles. The van der Waals surface area contributed by atoms with Gasteiger partial charge in [0.05, 0.1) is 6.61 Å². The molecule has 0 bridgehead atoms. The van der Waals surface area contributed by atoms with Crippen LogP contribution < -0.4 is 4.72 Å². The molecule has 0 spiro atoms. The summed E-state index contributed by atoms with van der Waals surface area (Å²) >= 11 is 1.43. The molecule has 1 heterocycles. The van der Waals surface area contributed by atoms with Crippen LogP contribution in [0.15, 0.2) is 11.2 Å². The van der Waals surface area contributed by atoms with Crippen molar-refractivity contribution in [3.05, 3.63) is 12.0 Å². The fourth-order valence-electron chi connectivity index (χ4n) is 1.89. The first-order valence-corrected chi connectivity index (χ1v) is 9.32. The lowest BCUT2D eigenvalue weighted by atomic mass is 10.3. The predicted molar refractivity (Wildman–Crippen MR) is 81.4 cm³/mol. The Morgan fingerprint density at radius 2 is 2.20 bits per heavy atom. The topological polar surface area (TPSA) is 84.2 Å². The van der Waals surface area contributed by atoms with E-state index < -0.39 is 10.0 Å². The molecule has 0 saturated carbocycles. The first-order chi connectivity index (χ1) is 9.35. The summed E-state index contributed by atoms with van der Waals surface area (Å²) in [5, 5.41) is 9.06. The number of hydrogen-bond donors (Lipinski definition) is 2. The second-order valence-electron chi connectivity index (χ2n) is 4.69. The monoisotopic (exact) mass is 321 g/mol. The third-order valence-electron chi connectivity index (χ3n) is 3.08. The highest BCUT2D eigenvalue weighted by atomic mass is 32.2. The van der Waals surface area contributed by atoms with Crippen molar-refractivity contribution < 1.29 is 13.5 Å². The molecule has 6 nitrogen and oxygen atoms in total. The van der Waals surface area contributed by atoms with Crippen molar-refractivity contribution in [1.29, 1.82) is 0 Å². The SMILES string of the molecule is CCCn1cc(S(=O)(=O)NC(C)C(CO)SC)nc1C. The Bertz CT molecular complexity index is 524. The Morgan fingerprint density at radius 1 is 1.55 bits per heavy atom. The zero-order valence-corrected chi connectivity index (χ0v) is 14.0. The third kappa shape index (κ3) is 4.21. The van der Waals surface area contributed by atoms with E-state index in [0.29, 0.717) is 5.82 Å². The van der Waals surface area contributed by atoms with Crippen molar-refractivity contribution >= 4 is 21.8 Å². The van der Waals surface area contributed by atoms with E-state index in [4.69, 9.17) is 0 Å². The molecule has 8 heteroatoms. The van der Waals surface area contributed by atoms with Crippen LogP contribution in [0.25, 0.3) is 0 Å². The lowest BCUT2D eigenvalue weighted by Crippen LogP contribution is -2.41. The summed E-state index contributed by atoms with van der Waals surface area (Å²) in [6.45, 7) is 6.22. The number of nitrogens with one attached hydrogen (secondary N) is 1. The Labute approximate surface area is 125 Å². The molecule has 0 aliphatic heterocycles. The van der Waals surface area contributed by atoms with Crippen molar-refractivity contribution in [2.45, 2.75) is 50.1 Å². The lowest BCUT2D eigenvalue weighted by molar-refractivity contribution is 0.282. The maximum Gasteiger partial charge on any atom is 0.259 e. The second-order valence-corrected chi connectivity index (χ2v) is 7.42. The molecule has 2 atom stereocenters. The minimum atomic E-state index is -3.65. The highest BCUT2D eigenvalue weighted by molar-refractivity contribution is 7.99. The fraction of sp³-hybridized carbons (Fsp3) is 0.750. The van der Waals surface area contributed by atoms with E-state index in [-0.39, 0.29) is 22.9 Å². The summed E-state index contributed by atoms with van der Waals surface area (Å²) in [7, 11) is -3.65. The number of aromatic nitrogens is 2. The lowest BCUT2D eigenvalue weighted by Gasteiger charge is -2.20. The molecule has 0 saturated heterocycles. The standard InChI is InChI=1S/C12H23N3O3S2/c1-5-6-15-7-12(13-10(15)3)20(17,18)14-9(2)11(8-16)19-4/h7,9,11,14,16H,5-6,8H2,1-4H3. The van der Waals surface area contributed by atoms with Gasteiger partial charge in [-0.2, -0.15) is 11.8 Å². The van der Waals surface area contributed by atoms with E-state index >= 15 is 0 Å². The van der Waals surface area contributed by atoms with Crippen molar-refractivity contribution in [3.8, 4) is 0 Å². The van der Waals surface area contributed by atoms with Gasteiger partial charge < -0.3 is 9.67 Å². The van der Waals surface area contributed by atoms with Gasteiger partial charge in [0, 0.05) is 24.0 Å². The van der Waals surface area contributed by atoms with Crippen LogP contribution in [-0.4, -0.2) is 47.2 Å². The van der Waals surface area contributed by atoms with Gasteiger partial charge in [-0.3, -0.25) is 0 Å². The van der Waals surface area contributed by atoms with Crippen molar-refractivity contribution in [2.75, 3.05) is 12.9 Å². The van der Waals surface area contributed by atoms with E-state index in [2.05, 4.69) is 9.71 Å². The molecule has 116 valence electrons. The van der Waals surface area contributed by atoms with Crippen molar-refractivity contribution in [2.24, 2.45) is 0 Å². The van der Waals surface area contributed by atoms with Gasteiger partial charge in [-0.25, -0.2) is 18.1 Å². The van der Waals surface area contributed by atoms with Gasteiger partial charge in [0.2, 0.25) is 0 Å². The van der Waals surface area contributed by atoms with Crippen LogP contribution in [0.2, 0.25) is 0 Å². The number of aliphatic hydroxyl groups is 1. The van der Waals surface area contributed by atoms with Gasteiger partial charge in [-0.15, -0.1) is 0 Å². The van der Waals surface area contributed by atoms with E-state index in [0.717, 1.165) is 13.0 Å². The molecular weight excluding hydrogens is 298 g/mol. The van der Waals surface area contributed by atoms with E-state index in [9.17, 15) is 13.5 Å². The Kier molecular flexibility index (Phi) is 6.50. The second kappa shape index (κ2) is 7.44. The van der Waals surface area contributed by atoms with Crippen LogP contribution >= 0.6 is 11.8 Å². The van der Waals surface area contributed by atoms with Crippen LogP contribution in [0, 0.1) is 6.92 Å². The largest absolute Gasteiger partial charge is 0.395 e. The minimum Gasteiger partial charge on any atom is -0.395 e. The molecule has 1 aromatic heterocycles. The van der Waals surface area contributed by atoms with E-state index in [1.165, 1.54) is 11.8 Å². The quantitative estimate of drug-likeness (QED) is 0.746. The Hall–Kier alpha value is -0.570. The Balaban J connectivity index is 2.91. The van der Waals surface area contributed by atoms with Crippen molar-refractivity contribution in [3.63, 3.8) is 0 Å². The molecule has 2 unspecified atom stereocenters. The minimum absolute atomic E-state index is 0.0353. The number of nitrogens with zero attached hydrogens (tertiary/aromatic N) is 2. The summed E-state index contributed by atoms with van der Waals surface area (Å²) in [4.78, 5) is 4.11. The Morgan fingerprint density at radius 3 is 2.70 bits per heavy atom. The van der Waals surface area contributed by atoms with E-state index in [1.54, 1.807) is 20.0 Å². The van der Waals surface area contributed by atoms with Crippen LogP contribution in [0.4, 0.5) is 0 Å². The fourth-order valence-corrected chi connectivity index (χ4v) is 3.90. The predicted octanol–water partition coefficient (Wildman–Crippen LogP) is 0.992. The number of thioether (sulfide) groups is 1. The molecule has 2 N–H and O–H groups in total. The molecular formula is C12H23N3O3S2. The van der Waals surface area contributed by atoms with Gasteiger partial charge in [-0.1, -0.05) is 6.92 Å². The van der Waals surface area contributed by atoms with Gasteiger partial charge >= 0.3 is 0 Å². The molecule has 20 heavy (non-hydrogen) atoms. The van der Waals surface area contributed by atoms with Crippen LogP contribution in [-0.2, 0) is 16.6 Å². The molecule has 1 rings (SSSR count). The summed E-state index contributed by atoms with van der Waals surface area (Å²) < 4.78 is 28.9. The number of rotatable bonds is 8. The molecule has 0 fully saturated rings. The summed E-state index contributed by atoms with van der Waals surface area (Å²) in [5.74, 6) is 0.684. The van der Waals surface area contributed by atoms with E-state index in [1.807, 2.05) is 17.7 Å². The number of hydrogen-bond acceptors (Lipinski definition) is 5. The number of imidazole rings is 1. The zero-order chi connectivity index (χ0) is 15.3. The first kappa shape index (κ1) is 17.5. The van der Waals surface area contributed by atoms with Gasteiger partial charge in [-0.05, 0) is 26.5 Å². The van der Waals surface area contributed by atoms with Gasteiger partial charge in [0.15, 0.2) is 5.03 Å². The normalized spacial score (nSPS) is 15.2. The number of aliphatic hydroxyl groups excluding tert-OH is 1. The molecule has 0 aliphatic carbocycles. The van der Waals surface area contributed by atoms with Crippen molar-refractivity contribution in [1.82, 2.24) is 14.3 Å². The van der Waals surface area contributed by atoms with Gasteiger partial charge in [0.25, 0.3) is 10.0 Å². The maximum atomic E-state index is 12.3.